The first-order chi connectivity index (χ1) is 10.2. The molecule has 0 amide bonds. The van der Waals surface area contributed by atoms with Crippen molar-refractivity contribution < 1.29 is 4.39 Å². The molecule has 0 aromatic carbocycles. The average Bonchev–Trinajstić information content (AvgIpc) is 2.94. The topological polar surface area (TPSA) is 52.6 Å². The van der Waals surface area contributed by atoms with Crippen molar-refractivity contribution in [3.63, 3.8) is 0 Å². The molecule has 1 saturated heterocycles. The van der Waals surface area contributed by atoms with Crippen LogP contribution in [-0.2, 0) is 0 Å². The first-order valence-corrected chi connectivity index (χ1v) is 7.08. The summed E-state index contributed by atoms with van der Waals surface area (Å²) in [6.07, 6.45) is 7.73. The summed E-state index contributed by atoms with van der Waals surface area (Å²) >= 11 is 0. The van der Waals surface area contributed by atoms with E-state index in [9.17, 15) is 4.39 Å². The molecule has 21 heavy (non-hydrogen) atoms. The van der Waals surface area contributed by atoms with Crippen molar-refractivity contribution in [2.24, 2.45) is 4.99 Å². The van der Waals surface area contributed by atoms with Crippen LogP contribution in [0.2, 0.25) is 0 Å². The SMILES string of the molecule is C#CCN=C(NCC)NC1CCN(c2ncccc2F)C1. The van der Waals surface area contributed by atoms with Crippen molar-refractivity contribution >= 4 is 11.8 Å². The van der Waals surface area contributed by atoms with Gasteiger partial charge in [0.05, 0.1) is 0 Å². The molecule has 1 aromatic rings. The number of rotatable bonds is 4. The van der Waals surface area contributed by atoms with Gasteiger partial charge in [0, 0.05) is 31.9 Å². The molecule has 2 N–H and O–H groups in total. The van der Waals surface area contributed by atoms with E-state index in [1.54, 1.807) is 12.3 Å². The average molecular weight is 289 g/mol. The molecule has 0 aliphatic carbocycles. The van der Waals surface area contributed by atoms with E-state index in [-0.39, 0.29) is 11.9 Å². The van der Waals surface area contributed by atoms with Crippen LogP contribution in [0.25, 0.3) is 0 Å². The second-order valence-electron chi connectivity index (χ2n) is 4.78. The lowest BCUT2D eigenvalue weighted by Crippen LogP contribution is -2.44. The zero-order valence-corrected chi connectivity index (χ0v) is 12.1. The second-order valence-corrected chi connectivity index (χ2v) is 4.78. The number of nitrogens with zero attached hydrogens (tertiary/aromatic N) is 3. The normalized spacial score (nSPS) is 18.4. The molecule has 0 saturated carbocycles. The smallest absolute Gasteiger partial charge is 0.192 e. The third kappa shape index (κ3) is 4.09. The second kappa shape index (κ2) is 7.48. The van der Waals surface area contributed by atoms with Crippen LogP contribution in [0.5, 0.6) is 0 Å². The van der Waals surface area contributed by atoms with Crippen molar-refractivity contribution in [2.75, 3.05) is 31.1 Å². The highest BCUT2D eigenvalue weighted by molar-refractivity contribution is 5.80. The standard InChI is InChI=1S/C15H20FN5/c1-3-8-19-15(17-4-2)20-12-7-10-21(11-12)14-13(16)6-5-9-18-14/h1,5-6,9,12H,4,7-8,10-11H2,2H3,(H2,17,19,20). The number of anilines is 1. The zero-order chi connectivity index (χ0) is 15.1. The largest absolute Gasteiger partial charge is 0.357 e. The van der Waals surface area contributed by atoms with Gasteiger partial charge >= 0.3 is 0 Å². The lowest BCUT2D eigenvalue weighted by molar-refractivity contribution is 0.612. The van der Waals surface area contributed by atoms with Crippen LogP contribution >= 0.6 is 0 Å². The third-order valence-corrected chi connectivity index (χ3v) is 3.24. The summed E-state index contributed by atoms with van der Waals surface area (Å²) in [7, 11) is 0. The monoisotopic (exact) mass is 289 g/mol. The number of aliphatic imine (C=N–C) groups is 1. The molecule has 1 aliphatic heterocycles. The molecule has 2 heterocycles. The van der Waals surface area contributed by atoms with Gasteiger partial charge in [0.25, 0.3) is 0 Å². The van der Waals surface area contributed by atoms with Crippen molar-refractivity contribution in [3.8, 4) is 12.3 Å². The fraction of sp³-hybridized carbons (Fsp3) is 0.467. The third-order valence-electron chi connectivity index (χ3n) is 3.24. The molecule has 0 spiro atoms. The van der Waals surface area contributed by atoms with Gasteiger partial charge in [-0.05, 0) is 25.5 Å². The zero-order valence-electron chi connectivity index (χ0n) is 12.1. The van der Waals surface area contributed by atoms with Crippen LogP contribution in [0.15, 0.2) is 23.3 Å². The lowest BCUT2D eigenvalue weighted by Gasteiger charge is -2.19. The number of aromatic nitrogens is 1. The van der Waals surface area contributed by atoms with E-state index < -0.39 is 0 Å². The van der Waals surface area contributed by atoms with Crippen LogP contribution in [0.3, 0.4) is 0 Å². The van der Waals surface area contributed by atoms with E-state index in [4.69, 9.17) is 6.42 Å². The maximum atomic E-state index is 13.7. The Kier molecular flexibility index (Phi) is 5.38. The van der Waals surface area contributed by atoms with Gasteiger partial charge in [-0.1, -0.05) is 5.92 Å². The molecule has 6 heteroatoms. The Bertz CT molecular complexity index is 537. The van der Waals surface area contributed by atoms with Gasteiger partial charge < -0.3 is 15.5 Å². The van der Waals surface area contributed by atoms with Gasteiger partial charge in [-0.2, -0.15) is 0 Å². The Hall–Kier alpha value is -2.29. The maximum absolute atomic E-state index is 13.7. The summed E-state index contributed by atoms with van der Waals surface area (Å²) in [5, 5.41) is 6.47. The number of pyridine rings is 1. The Morgan fingerprint density at radius 3 is 3.24 bits per heavy atom. The van der Waals surface area contributed by atoms with Crippen LogP contribution in [0.1, 0.15) is 13.3 Å². The van der Waals surface area contributed by atoms with Gasteiger partial charge in [0.15, 0.2) is 17.6 Å². The molecule has 0 bridgehead atoms. The molecule has 1 fully saturated rings. The van der Waals surface area contributed by atoms with Crippen molar-refractivity contribution in [3.05, 3.63) is 24.1 Å². The van der Waals surface area contributed by atoms with Crippen molar-refractivity contribution in [1.82, 2.24) is 15.6 Å². The Morgan fingerprint density at radius 2 is 2.52 bits per heavy atom. The van der Waals surface area contributed by atoms with E-state index in [0.717, 1.165) is 19.5 Å². The number of terminal acetylenes is 1. The number of halogens is 1. The first-order valence-electron chi connectivity index (χ1n) is 7.08. The number of guanidine groups is 1. The predicted octanol–water partition coefficient (Wildman–Crippen LogP) is 0.988. The minimum absolute atomic E-state index is 0.196. The number of nitrogens with one attached hydrogen (secondary N) is 2. The minimum atomic E-state index is -0.286. The Balaban J connectivity index is 1.96. The summed E-state index contributed by atoms with van der Waals surface area (Å²) in [6, 6.07) is 3.23. The molecule has 1 aromatic heterocycles. The summed E-state index contributed by atoms with van der Waals surface area (Å²) in [5.41, 5.74) is 0. The van der Waals surface area contributed by atoms with Crippen LogP contribution < -0.4 is 15.5 Å². The van der Waals surface area contributed by atoms with Crippen LogP contribution in [0.4, 0.5) is 10.2 Å². The molecule has 1 unspecified atom stereocenters. The van der Waals surface area contributed by atoms with E-state index in [2.05, 4.69) is 26.5 Å². The van der Waals surface area contributed by atoms with E-state index in [1.807, 2.05) is 11.8 Å². The molecule has 112 valence electrons. The first kappa shape index (κ1) is 15.1. The summed E-state index contributed by atoms with van der Waals surface area (Å²) in [6.45, 7) is 4.55. The van der Waals surface area contributed by atoms with Crippen LogP contribution in [-0.4, -0.2) is 43.2 Å². The van der Waals surface area contributed by atoms with Gasteiger partial charge in [0.2, 0.25) is 0 Å². The van der Waals surface area contributed by atoms with Gasteiger partial charge in [0.1, 0.15) is 6.54 Å². The van der Waals surface area contributed by atoms with E-state index in [0.29, 0.717) is 24.9 Å². The Labute approximate surface area is 124 Å². The molecular formula is C15H20FN5. The van der Waals surface area contributed by atoms with E-state index >= 15 is 0 Å². The van der Waals surface area contributed by atoms with Crippen molar-refractivity contribution in [2.45, 2.75) is 19.4 Å². The van der Waals surface area contributed by atoms with Gasteiger partial charge in [-0.3, -0.25) is 0 Å². The highest BCUT2D eigenvalue weighted by Gasteiger charge is 2.25. The predicted molar refractivity (Wildman–Crippen MR) is 82.8 cm³/mol. The van der Waals surface area contributed by atoms with Crippen LogP contribution in [0, 0.1) is 18.2 Å². The fourth-order valence-electron chi connectivity index (χ4n) is 2.32. The number of hydrogen-bond donors (Lipinski definition) is 2. The maximum Gasteiger partial charge on any atom is 0.192 e. The van der Waals surface area contributed by atoms with Crippen molar-refractivity contribution in [1.29, 1.82) is 0 Å². The molecular weight excluding hydrogens is 269 g/mol. The molecule has 1 atom stereocenters. The Morgan fingerprint density at radius 1 is 1.67 bits per heavy atom. The molecule has 0 radical (unpaired) electrons. The minimum Gasteiger partial charge on any atom is -0.357 e. The lowest BCUT2D eigenvalue weighted by atomic mass is 10.3. The summed E-state index contributed by atoms with van der Waals surface area (Å²) < 4.78 is 13.7. The van der Waals surface area contributed by atoms with Gasteiger partial charge in [-0.25, -0.2) is 14.4 Å². The van der Waals surface area contributed by atoms with Gasteiger partial charge in [-0.15, -0.1) is 6.42 Å². The summed E-state index contributed by atoms with van der Waals surface area (Å²) in [4.78, 5) is 10.3. The van der Waals surface area contributed by atoms with E-state index in [1.165, 1.54) is 6.07 Å². The molecule has 1 aliphatic rings. The summed E-state index contributed by atoms with van der Waals surface area (Å²) in [5.74, 6) is 3.31. The highest BCUT2D eigenvalue weighted by atomic mass is 19.1. The quantitative estimate of drug-likeness (QED) is 0.493. The highest BCUT2D eigenvalue weighted by Crippen LogP contribution is 2.20. The number of hydrogen-bond acceptors (Lipinski definition) is 3. The fourth-order valence-corrected chi connectivity index (χ4v) is 2.32. The molecule has 5 nitrogen and oxygen atoms in total. The molecule has 2 rings (SSSR count).